The van der Waals surface area contributed by atoms with Crippen LogP contribution in [-0.4, -0.2) is 35.0 Å². The molecule has 1 aliphatic rings. The van der Waals surface area contributed by atoms with Crippen molar-refractivity contribution < 1.29 is 9.18 Å². The second-order valence-electron chi connectivity index (χ2n) is 7.15. The van der Waals surface area contributed by atoms with E-state index in [2.05, 4.69) is 20.6 Å². The molecule has 1 aliphatic heterocycles. The van der Waals surface area contributed by atoms with E-state index in [1.165, 1.54) is 6.33 Å². The number of hydrogen-bond donors (Lipinski definition) is 3. The summed E-state index contributed by atoms with van der Waals surface area (Å²) >= 11 is 0. The fourth-order valence-electron chi connectivity index (χ4n) is 3.83. The van der Waals surface area contributed by atoms with E-state index in [9.17, 15) is 9.18 Å². The Morgan fingerprint density at radius 2 is 2.14 bits per heavy atom. The maximum Gasteiger partial charge on any atom is 0.250 e. The molecular weight excluding hydrogens is 357 g/mol. The van der Waals surface area contributed by atoms with E-state index in [-0.39, 0.29) is 17.8 Å². The molecular formula is C21H22FN5O. The van der Waals surface area contributed by atoms with Gasteiger partial charge >= 0.3 is 0 Å². The molecule has 6 nitrogen and oxygen atoms in total. The number of fused-ring (bicyclic) bond motifs is 1. The molecule has 4 N–H and O–H groups in total. The van der Waals surface area contributed by atoms with Gasteiger partial charge in [-0.3, -0.25) is 4.79 Å². The number of aromatic nitrogens is 2. The third-order valence-corrected chi connectivity index (χ3v) is 5.36. The Bertz CT molecular complexity index is 1040. The average Bonchev–Trinajstić information content (AvgIpc) is 2.70. The van der Waals surface area contributed by atoms with Crippen molar-refractivity contribution in [2.24, 2.45) is 5.73 Å². The van der Waals surface area contributed by atoms with E-state index >= 15 is 0 Å². The second-order valence-corrected chi connectivity index (χ2v) is 7.15. The average molecular weight is 379 g/mol. The lowest BCUT2D eigenvalue weighted by Crippen LogP contribution is -2.44. The number of primary amides is 1. The molecule has 28 heavy (non-hydrogen) atoms. The number of rotatable bonds is 4. The Morgan fingerprint density at radius 3 is 2.93 bits per heavy atom. The minimum Gasteiger partial charge on any atom is -0.366 e. The summed E-state index contributed by atoms with van der Waals surface area (Å²) in [5, 5.41) is 7.60. The summed E-state index contributed by atoms with van der Waals surface area (Å²) in [6, 6.07) is 10.7. The van der Waals surface area contributed by atoms with Crippen molar-refractivity contribution in [1.29, 1.82) is 0 Å². The number of para-hydroxylation sites is 1. The smallest absolute Gasteiger partial charge is 0.250 e. The van der Waals surface area contributed by atoms with Gasteiger partial charge in [-0.1, -0.05) is 18.2 Å². The van der Waals surface area contributed by atoms with Gasteiger partial charge in [0.05, 0.1) is 11.1 Å². The number of benzene rings is 2. The lowest BCUT2D eigenvalue weighted by molar-refractivity contribution is 0.100. The molecule has 2 aromatic carbocycles. The quantitative estimate of drug-likeness (QED) is 0.648. The molecule has 0 unspecified atom stereocenters. The number of anilines is 1. The van der Waals surface area contributed by atoms with Gasteiger partial charge in [-0.25, -0.2) is 14.4 Å². The van der Waals surface area contributed by atoms with Crippen molar-refractivity contribution in [1.82, 2.24) is 15.3 Å². The van der Waals surface area contributed by atoms with Crippen LogP contribution in [0.2, 0.25) is 0 Å². The monoisotopic (exact) mass is 379 g/mol. The van der Waals surface area contributed by atoms with Crippen molar-refractivity contribution >= 4 is 22.6 Å². The number of nitrogens with two attached hydrogens (primary N) is 1. The van der Waals surface area contributed by atoms with Crippen LogP contribution in [0.25, 0.3) is 10.9 Å². The molecule has 1 fully saturated rings. The highest BCUT2D eigenvalue weighted by Crippen LogP contribution is 2.30. The number of nitrogens with one attached hydrogen (secondary N) is 2. The zero-order chi connectivity index (χ0) is 19.7. The van der Waals surface area contributed by atoms with E-state index in [0.717, 1.165) is 30.5 Å². The molecule has 0 aliphatic carbocycles. The molecule has 0 bridgehead atoms. The van der Waals surface area contributed by atoms with Gasteiger partial charge in [-0.05, 0) is 49.2 Å². The molecule has 4 rings (SSSR count). The molecule has 1 saturated heterocycles. The summed E-state index contributed by atoms with van der Waals surface area (Å²) in [6.45, 7) is 3.36. The van der Waals surface area contributed by atoms with Crippen LogP contribution in [0.5, 0.6) is 0 Å². The van der Waals surface area contributed by atoms with E-state index in [4.69, 9.17) is 5.73 Å². The van der Waals surface area contributed by atoms with Crippen molar-refractivity contribution in [2.45, 2.75) is 25.3 Å². The van der Waals surface area contributed by atoms with E-state index in [1.807, 2.05) is 18.2 Å². The zero-order valence-electron chi connectivity index (χ0n) is 15.6. The fraction of sp³-hybridized carbons (Fsp3) is 0.286. The molecule has 1 amide bonds. The first-order chi connectivity index (χ1) is 13.5. The summed E-state index contributed by atoms with van der Waals surface area (Å²) in [5.74, 6) is 0.0658. The highest BCUT2D eigenvalue weighted by molar-refractivity contribution is 6.06. The van der Waals surface area contributed by atoms with E-state index in [0.29, 0.717) is 22.5 Å². The number of halogens is 1. The lowest BCUT2D eigenvalue weighted by Gasteiger charge is -2.34. The van der Waals surface area contributed by atoms with Crippen molar-refractivity contribution in [3.05, 3.63) is 65.2 Å². The first-order valence-corrected chi connectivity index (χ1v) is 9.31. The lowest BCUT2D eigenvalue weighted by atomic mass is 9.85. The fourth-order valence-corrected chi connectivity index (χ4v) is 3.83. The number of carbonyl (C=O) groups excluding carboxylic acids is 1. The number of amides is 1. The van der Waals surface area contributed by atoms with Crippen molar-refractivity contribution in [3.8, 4) is 0 Å². The topological polar surface area (TPSA) is 92.9 Å². The predicted molar refractivity (Wildman–Crippen MR) is 107 cm³/mol. The third-order valence-electron chi connectivity index (χ3n) is 5.36. The minimum atomic E-state index is -0.525. The normalized spacial score (nSPS) is 19.5. The van der Waals surface area contributed by atoms with Crippen molar-refractivity contribution in [3.63, 3.8) is 0 Å². The summed E-state index contributed by atoms with van der Waals surface area (Å²) in [5.41, 5.74) is 7.97. The zero-order valence-corrected chi connectivity index (χ0v) is 15.6. The van der Waals surface area contributed by atoms with Gasteiger partial charge in [0.15, 0.2) is 0 Å². The highest BCUT2D eigenvalue weighted by Gasteiger charge is 2.28. The Hall–Kier alpha value is -3.06. The number of carbonyl (C=O) groups is 1. The molecule has 0 saturated carbocycles. The maximum absolute atomic E-state index is 14.1. The van der Waals surface area contributed by atoms with Gasteiger partial charge in [0.1, 0.15) is 18.0 Å². The van der Waals surface area contributed by atoms with Crippen LogP contribution < -0.4 is 16.4 Å². The largest absolute Gasteiger partial charge is 0.366 e. The van der Waals surface area contributed by atoms with Gasteiger partial charge in [-0.2, -0.15) is 0 Å². The molecule has 0 radical (unpaired) electrons. The highest BCUT2D eigenvalue weighted by atomic mass is 19.1. The summed E-state index contributed by atoms with van der Waals surface area (Å²) < 4.78 is 14.1. The second kappa shape index (κ2) is 7.52. The maximum atomic E-state index is 14.1. The van der Waals surface area contributed by atoms with Crippen LogP contribution in [0.3, 0.4) is 0 Å². The van der Waals surface area contributed by atoms with Gasteiger partial charge < -0.3 is 16.4 Å². The first-order valence-electron chi connectivity index (χ1n) is 9.31. The minimum absolute atomic E-state index is 0.0196. The van der Waals surface area contributed by atoms with Gasteiger partial charge in [0, 0.05) is 23.9 Å². The molecule has 2 heterocycles. The first kappa shape index (κ1) is 18.3. The van der Waals surface area contributed by atoms with E-state index in [1.54, 1.807) is 25.1 Å². The predicted octanol–water partition coefficient (Wildman–Crippen LogP) is 2.73. The number of piperidine rings is 1. The third kappa shape index (κ3) is 3.41. The van der Waals surface area contributed by atoms with Gasteiger partial charge in [0.25, 0.3) is 5.91 Å². The number of nitrogens with zero attached hydrogens (tertiary/aromatic N) is 2. The Kier molecular flexibility index (Phi) is 4.92. The molecule has 144 valence electrons. The van der Waals surface area contributed by atoms with Crippen LogP contribution in [0.1, 0.15) is 33.8 Å². The number of hydrogen-bond acceptors (Lipinski definition) is 5. The van der Waals surface area contributed by atoms with Crippen LogP contribution in [0.4, 0.5) is 10.2 Å². The summed E-state index contributed by atoms with van der Waals surface area (Å²) in [7, 11) is 0. The molecule has 1 aromatic heterocycles. The SMILES string of the molecule is Cc1ccc([C@H]2CCNC[C@@H]2Nc2ncnc3c(C(N)=O)cccc23)cc1F. The van der Waals surface area contributed by atoms with Crippen LogP contribution in [0, 0.1) is 12.7 Å². The van der Waals surface area contributed by atoms with Crippen molar-refractivity contribution in [2.75, 3.05) is 18.4 Å². The van der Waals surface area contributed by atoms with Crippen LogP contribution >= 0.6 is 0 Å². The standard InChI is InChI=1S/C21H22FN5O/c1-12-5-6-13(9-17(12)22)14-7-8-24-10-18(14)27-21-16-4-2-3-15(20(23)28)19(16)25-11-26-21/h2-6,9,11,14,18,24H,7-8,10H2,1H3,(H2,23,28)(H,25,26,27)/t14-,18+/m1/s1. The molecule has 3 aromatic rings. The Balaban J connectivity index is 1.69. The van der Waals surface area contributed by atoms with Gasteiger partial charge in [-0.15, -0.1) is 0 Å². The molecule has 2 atom stereocenters. The van der Waals surface area contributed by atoms with E-state index < -0.39 is 5.91 Å². The van der Waals surface area contributed by atoms with Gasteiger partial charge in [0.2, 0.25) is 0 Å². The summed E-state index contributed by atoms with van der Waals surface area (Å²) in [4.78, 5) is 20.3. The van der Waals surface area contributed by atoms with Crippen LogP contribution in [-0.2, 0) is 0 Å². The molecule has 7 heteroatoms. The Morgan fingerprint density at radius 1 is 1.29 bits per heavy atom. The van der Waals surface area contributed by atoms with Crippen LogP contribution in [0.15, 0.2) is 42.7 Å². The molecule has 0 spiro atoms. The Labute approximate surface area is 162 Å². The summed E-state index contributed by atoms with van der Waals surface area (Å²) in [6.07, 6.45) is 2.31. The number of aryl methyl sites for hydroxylation is 1.